The van der Waals surface area contributed by atoms with Crippen LogP contribution in [-0.4, -0.2) is 43.5 Å². The van der Waals surface area contributed by atoms with Crippen LogP contribution in [0.5, 0.6) is 0 Å². The Bertz CT molecular complexity index is 489. The Morgan fingerprint density at radius 2 is 2.19 bits per heavy atom. The highest BCUT2D eigenvalue weighted by Crippen LogP contribution is 2.19. The van der Waals surface area contributed by atoms with E-state index in [0.29, 0.717) is 18.6 Å². The molecule has 0 aromatic heterocycles. The van der Waals surface area contributed by atoms with Crippen LogP contribution in [0.3, 0.4) is 0 Å². The van der Waals surface area contributed by atoms with E-state index in [1.807, 2.05) is 44.1 Å². The van der Waals surface area contributed by atoms with Crippen LogP contribution in [0, 0.1) is 6.92 Å². The molecule has 21 heavy (non-hydrogen) atoms. The summed E-state index contributed by atoms with van der Waals surface area (Å²) in [6, 6.07) is 8.62. The summed E-state index contributed by atoms with van der Waals surface area (Å²) in [5.41, 5.74) is 8.57. The molecule has 0 radical (unpaired) electrons. The summed E-state index contributed by atoms with van der Waals surface area (Å²) < 4.78 is 0. The lowest BCUT2D eigenvalue weighted by Gasteiger charge is -2.25. The molecule has 0 aliphatic carbocycles. The average molecular weight is 290 g/mol. The van der Waals surface area contributed by atoms with Crippen LogP contribution < -0.4 is 16.2 Å². The molecular formula is C16H26N4O. The van der Waals surface area contributed by atoms with Crippen molar-refractivity contribution < 1.29 is 4.79 Å². The molecule has 1 amide bonds. The fourth-order valence-corrected chi connectivity index (χ4v) is 2.78. The van der Waals surface area contributed by atoms with E-state index in [9.17, 15) is 4.79 Å². The lowest BCUT2D eigenvalue weighted by Crippen LogP contribution is -2.44. The van der Waals surface area contributed by atoms with Crippen molar-refractivity contribution in [3.8, 4) is 0 Å². The van der Waals surface area contributed by atoms with Crippen molar-refractivity contribution in [2.45, 2.75) is 38.4 Å². The standard InChI is InChI=1S/C16H26N4O/c1-11-6-5-7-13(8-11)15(20(3)4)16(21)17-10-14-9-12(2)18-19-14/h5-8,12,14-15,18-19H,9-10H2,1-4H3,(H,17,21). The van der Waals surface area contributed by atoms with Crippen molar-refractivity contribution >= 4 is 5.91 Å². The van der Waals surface area contributed by atoms with Crippen molar-refractivity contribution in [1.82, 2.24) is 21.1 Å². The summed E-state index contributed by atoms with van der Waals surface area (Å²) in [7, 11) is 3.87. The molecule has 0 saturated carbocycles. The molecule has 2 rings (SSSR count). The van der Waals surface area contributed by atoms with Gasteiger partial charge in [0.05, 0.1) is 0 Å². The third-order valence-corrected chi connectivity index (χ3v) is 3.82. The van der Waals surface area contributed by atoms with Crippen molar-refractivity contribution in [2.75, 3.05) is 20.6 Å². The van der Waals surface area contributed by atoms with Crippen molar-refractivity contribution in [2.24, 2.45) is 0 Å². The van der Waals surface area contributed by atoms with Gasteiger partial charge in [-0.3, -0.25) is 20.5 Å². The molecule has 5 nitrogen and oxygen atoms in total. The fourth-order valence-electron chi connectivity index (χ4n) is 2.78. The molecule has 5 heteroatoms. The first-order valence-corrected chi connectivity index (χ1v) is 7.49. The zero-order valence-corrected chi connectivity index (χ0v) is 13.3. The lowest BCUT2D eigenvalue weighted by molar-refractivity contribution is -0.125. The number of carbonyl (C=O) groups is 1. The average Bonchev–Trinajstić information content (AvgIpc) is 2.82. The Labute approximate surface area is 127 Å². The van der Waals surface area contributed by atoms with Crippen LogP contribution in [0.4, 0.5) is 0 Å². The Morgan fingerprint density at radius 1 is 1.43 bits per heavy atom. The largest absolute Gasteiger partial charge is 0.353 e. The molecular weight excluding hydrogens is 264 g/mol. The van der Waals surface area contributed by atoms with Crippen molar-refractivity contribution in [3.05, 3.63) is 35.4 Å². The highest BCUT2D eigenvalue weighted by atomic mass is 16.2. The zero-order valence-electron chi connectivity index (χ0n) is 13.3. The van der Waals surface area contributed by atoms with Gasteiger partial charge in [-0.05, 0) is 39.9 Å². The third-order valence-electron chi connectivity index (χ3n) is 3.82. The van der Waals surface area contributed by atoms with Gasteiger partial charge in [0, 0.05) is 18.6 Å². The molecule has 1 aliphatic rings. The molecule has 0 spiro atoms. The van der Waals surface area contributed by atoms with Crippen molar-refractivity contribution in [1.29, 1.82) is 0 Å². The molecule has 1 aromatic carbocycles. The topological polar surface area (TPSA) is 56.4 Å². The minimum atomic E-state index is -0.253. The molecule has 3 N–H and O–H groups in total. The summed E-state index contributed by atoms with van der Waals surface area (Å²) in [5, 5.41) is 3.06. The molecule has 3 atom stereocenters. The smallest absolute Gasteiger partial charge is 0.241 e. The van der Waals surface area contributed by atoms with Crippen LogP contribution in [0.2, 0.25) is 0 Å². The second-order valence-corrected chi connectivity index (χ2v) is 6.15. The second kappa shape index (κ2) is 7.02. The van der Waals surface area contributed by atoms with Crippen molar-refractivity contribution in [3.63, 3.8) is 0 Å². The van der Waals surface area contributed by atoms with E-state index >= 15 is 0 Å². The number of amides is 1. The normalized spacial score (nSPS) is 23.3. The van der Waals surface area contributed by atoms with Gasteiger partial charge in [0.2, 0.25) is 5.91 Å². The highest BCUT2D eigenvalue weighted by Gasteiger charge is 2.25. The fraction of sp³-hybridized carbons (Fsp3) is 0.562. The minimum Gasteiger partial charge on any atom is -0.353 e. The van der Waals surface area contributed by atoms with Crippen LogP contribution in [0.1, 0.15) is 30.5 Å². The summed E-state index contributed by atoms with van der Waals surface area (Å²) in [5.74, 6) is 0.0481. The van der Waals surface area contributed by atoms with Crippen LogP contribution >= 0.6 is 0 Å². The maximum Gasteiger partial charge on any atom is 0.241 e. The number of carbonyl (C=O) groups excluding carboxylic acids is 1. The molecule has 1 fully saturated rings. The molecule has 1 aliphatic heterocycles. The van der Waals surface area contributed by atoms with E-state index in [4.69, 9.17) is 0 Å². The predicted molar refractivity (Wildman–Crippen MR) is 84.8 cm³/mol. The van der Waals surface area contributed by atoms with Crippen LogP contribution in [0.15, 0.2) is 24.3 Å². The number of benzene rings is 1. The maximum absolute atomic E-state index is 12.5. The monoisotopic (exact) mass is 290 g/mol. The molecule has 116 valence electrons. The van der Waals surface area contributed by atoms with Gasteiger partial charge in [0.1, 0.15) is 6.04 Å². The Hall–Kier alpha value is -1.43. The SMILES string of the molecule is Cc1cccc(C(C(=O)NCC2CC(C)NN2)N(C)C)c1. The third kappa shape index (κ3) is 4.27. The Balaban J connectivity index is 1.99. The Kier molecular flexibility index (Phi) is 5.33. The van der Waals surface area contributed by atoms with Gasteiger partial charge in [-0.1, -0.05) is 29.8 Å². The number of hydrazine groups is 1. The molecule has 1 heterocycles. The number of hydrogen-bond donors (Lipinski definition) is 3. The van der Waals surface area contributed by atoms with E-state index in [1.54, 1.807) is 0 Å². The quantitative estimate of drug-likeness (QED) is 0.756. The van der Waals surface area contributed by atoms with E-state index in [-0.39, 0.29) is 11.9 Å². The van der Waals surface area contributed by atoms with E-state index in [2.05, 4.69) is 29.2 Å². The molecule has 0 bridgehead atoms. The van der Waals surface area contributed by atoms with Gasteiger partial charge in [0.15, 0.2) is 0 Å². The first-order valence-electron chi connectivity index (χ1n) is 7.49. The van der Waals surface area contributed by atoms with Gasteiger partial charge in [-0.25, -0.2) is 0 Å². The van der Waals surface area contributed by atoms with Crippen LogP contribution in [0.25, 0.3) is 0 Å². The second-order valence-electron chi connectivity index (χ2n) is 6.15. The minimum absolute atomic E-state index is 0.0481. The van der Waals surface area contributed by atoms with Gasteiger partial charge in [-0.2, -0.15) is 0 Å². The summed E-state index contributed by atoms with van der Waals surface area (Å²) in [6.07, 6.45) is 1.03. The predicted octanol–water partition coefficient (Wildman–Crippen LogP) is 0.969. The number of nitrogens with zero attached hydrogens (tertiary/aromatic N) is 1. The first-order chi connectivity index (χ1) is 9.97. The number of nitrogens with one attached hydrogen (secondary N) is 3. The summed E-state index contributed by atoms with van der Waals surface area (Å²) in [4.78, 5) is 14.5. The zero-order chi connectivity index (χ0) is 15.4. The van der Waals surface area contributed by atoms with Gasteiger partial charge < -0.3 is 5.32 Å². The number of aryl methyl sites for hydroxylation is 1. The van der Waals surface area contributed by atoms with E-state index in [1.165, 1.54) is 5.56 Å². The first kappa shape index (κ1) is 15.9. The lowest BCUT2D eigenvalue weighted by atomic mass is 10.0. The van der Waals surface area contributed by atoms with Gasteiger partial charge in [-0.15, -0.1) is 0 Å². The maximum atomic E-state index is 12.5. The number of hydrogen-bond acceptors (Lipinski definition) is 4. The van der Waals surface area contributed by atoms with Gasteiger partial charge in [0.25, 0.3) is 0 Å². The number of rotatable bonds is 5. The Morgan fingerprint density at radius 3 is 2.76 bits per heavy atom. The summed E-state index contributed by atoms with van der Waals surface area (Å²) in [6.45, 7) is 4.82. The van der Waals surface area contributed by atoms with Crippen LogP contribution in [-0.2, 0) is 4.79 Å². The number of likely N-dealkylation sites (N-methyl/N-ethyl adjacent to an activating group) is 1. The summed E-state index contributed by atoms with van der Waals surface area (Å²) >= 11 is 0. The molecule has 1 aromatic rings. The molecule has 3 unspecified atom stereocenters. The van der Waals surface area contributed by atoms with E-state index < -0.39 is 0 Å². The van der Waals surface area contributed by atoms with Gasteiger partial charge >= 0.3 is 0 Å². The highest BCUT2D eigenvalue weighted by molar-refractivity contribution is 5.83. The van der Waals surface area contributed by atoms with E-state index in [0.717, 1.165) is 12.0 Å². The molecule has 1 saturated heterocycles.